The van der Waals surface area contributed by atoms with Crippen molar-refractivity contribution in [2.24, 2.45) is 5.10 Å². The van der Waals surface area contributed by atoms with E-state index in [4.69, 9.17) is 0 Å². The second kappa shape index (κ2) is 5.06. The lowest BCUT2D eigenvalue weighted by molar-refractivity contribution is -0.121. The van der Waals surface area contributed by atoms with Crippen molar-refractivity contribution < 1.29 is 4.79 Å². The minimum Gasteiger partial charge on any atom is -0.333 e. The highest BCUT2D eigenvalue weighted by Gasteiger charge is 2.12. The average molecular weight is 254 g/mol. The summed E-state index contributed by atoms with van der Waals surface area (Å²) in [6.45, 7) is 0.809. The van der Waals surface area contributed by atoms with Crippen molar-refractivity contribution >= 4 is 11.6 Å². The summed E-state index contributed by atoms with van der Waals surface area (Å²) in [6, 6.07) is 8.24. The van der Waals surface area contributed by atoms with Crippen molar-refractivity contribution in [3.8, 4) is 0 Å². The number of benzene rings is 1. The Hall–Kier alpha value is -2.43. The first-order chi connectivity index (χ1) is 9.31. The molecule has 19 heavy (non-hydrogen) atoms. The van der Waals surface area contributed by atoms with Crippen LogP contribution < -0.4 is 5.43 Å². The van der Waals surface area contributed by atoms with Gasteiger partial charge in [0.05, 0.1) is 12.0 Å². The lowest BCUT2D eigenvalue weighted by atomic mass is 10.0. The number of nitrogens with zero attached hydrogens (tertiary/aromatic N) is 3. The molecule has 1 amide bonds. The second-order valence-corrected chi connectivity index (χ2v) is 4.53. The van der Waals surface area contributed by atoms with Gasteiger partial charge in [0.1, 0.15) is 0 Å². The molecule has 1 N–H and O–H groups in total. The fourth-order valence-electron chi connectivity index (χ4n) is 2.08. The standard InChI is InChI=1S/C14H14N4O/c19-14-6-5-13(16-17-14)12-3-1-11(2-4-12)9-18-8-7-15-10-18/h1-4,7-8,10H,5-6,9H2,(H,17,19). The fourth-order valence-corrected chi connectivity index (χ4v) is 2.08. The monoisotopic (exact) mass is 254 g/mol. The van der Waals surface area contributed by atoms with Crippen LogP contribution in [0.5, 0.6) is 0 Å². The molecule has 0 saturated heterocycles. The number of imidazole rings is 1. The Morgan fingerprint density at radius 1 is 1.21 bits per heavy atom. The maximum Gasteiger partial charge on any atom is 0.240 e. The third-order valence-electron chi connectivity index (χ3n) is 3.12. The van der Waals surface area contributed by atoms with Crippen LogP contribution in [0, 0.1) is 0 Å². The molecule has 96 valence electrons. The van der Waals surface area contributed by atoms with Gasteiger partial charge in [-0.3, -0.25) is 4.79 Å². The van der Waals surface area contributed by atoms with Crippen molar-refractivity contribution in [2.45, 2.75) is 19.4 Å². The minimum atomic E-state index is -0.0134. The van der Waals surface area contributed by atoms with Crippen molar-refractivity contribution in [2.75, 3.05) is 0 Å². The van der Waals surface area contributed by atoms with Crippen LogP contribution in [-0.2, 0) is 11.3 Å². The quantitative estimate of drug-likeness (QED) is 0.903. The summed E-state index contributed by atoms with van der Waals surface area (Å²) in [6.07, 6.45) is 6.72. The van der Waals surface area contributed by atoms with Crippen molar-refractivity contribution in [3.63, 3.8) is 0 Å². The van der Waals surface area contributed by atoms with Crippen LogP contribution in [0.25, 0.3) is 0 Å². The lowest BCUT2D eigenvalue weighted by Crippen LogP contribution is -2.25. The Balaban J connectivity index is 1.74. The van der Waals surface area contributed by atoms with Crippen LogP contribution >= 0.6 is 0 Å². The average Bonchev–Trinajstić information content (AvgIpc) is 2.94. The fraction of sp³-hybridized carbons (Fsp3) is 0.214. The predicted molar refractivity (Wildman–Crippen MR) is 71.7 cm³/mol. The summed E-state index contributed by atoms with van der Waals surface area (Å²) in [7, 11) is 0. The van der Waals surface area contributed by atoms with Gasteiger partial charge < -0.3 is 4.57 Å². The molecular formula is C14H14N4O. The zero-order chi connectivity index (χ0) is 13.1. The van der Waals surface area contributed by atoms with Gasteiger partial charge in [-0.25, -0.2) is 10.4 Å². The van der Waals surface area contributed by atoms with E-state index >= 15 is 0 Å². The highest BCUT2D eigenvalue weighted by atomic mass is 16.2. The predicted octanol–water partition coefficient (Wildman–Crippen LogP) is 1.55. The molecule has 1 aliphatic rings. The Labute approximate surface area is 111 Å². The van der Waals surface area contributed by atoms with Crippen molar-refractivity contribution in [1.82, 2.24) is 15.0 Å². The minimum absolute atomic E-state index is 0.0134. The normalized spacial score (nSPS) is 14.9. The zero-order valence-corrected chi connectivity index (χ0v) is 10.4. The Bertz CT molecular complexity index is 599. The second-order valence-electron chi connectivity index (χ2n) is 4.53. The van der Waals surface area contributed by atoms with Crippen LogP contribution in [0.2, 0.25) is 0 Å². The number of carbonyl (C=O) groups is 1. The van der Waals surface area contributed by atoms with Gasteiger partial charge in [-0.05, 0) is 11.1 Å². The molecule has 0 aliphatic carbocycles. The van der Waals surface area contributed by atoms with Crippen LogP contribution in [0.15, 0.2) is 48.1 Å². The number of hydrazone groups is 1. The van der Waals surface area contributed by atoms with Crippen LogP contribution in [0.3, 0.4) is 0 Å². The van der Waals surface area contributed by atoms with Gasteiger partial charge in [-0.1, -0.05) is 24.3 Å². The summed E-state index contributed by atoms with van der Waals surface area (Å²) < 4.78 is 2.02. The number of rotatable bonds is 3. The smallest absolute Gasteiger partial charge is 0.240 e. The number of amides is 1. The summed E-state index contributed by atoms with van der Waals surface area (Å²) in [4.78, 5) is 15.1. The number of hydrogen-bond donors (Lipinski definition) is 1. The Kier molecular flexibility index (Phi) is 3.10. The van der Waals surface area contributed by atoms with E-state index in [0.717, 1.165) is 17.8 Å². The summed E-state index contributed by atoms with van der Waals surface area (Å²) >= 11 is 0. The van der Waals surface area contributed by atoms with Crippen LogP contribution in [-0.4, -0.2) is 21.2 Å². The van der Waals surface area contributed by atoms with E-state index in [-0.39, 0.29) is 5.91 Å². The first kappa shape index (κ1) is 11.6. The molecule has 5 nitrogen and oxygen atoms in total. The third kappa shape index (κ3) is 2.70. The molecule has 0 spiro atoms. The number of carbonyl (C=O) groups excluding carboxylic acids is 1. The van der Waals surface area contributed by atoms with Crippen LogP contribution in [0.1, 0.15) is 24.0 Å². The van der Waals surface area contributed by atoms with Gasteiger partial charge in [-0.2, -0.15) is 5.10 Å². The summed E-state index contributed by atoms with van der Waals surface area (Å²) in [5, 5.41) is 4.09. The SMILES string of the molecule is O=C1CCC(c2ccc(Cn3ccnc3)cc2)=NN1. The highest BCUT2D eigenvalue weighted by molar-refractivity contribution is 6.04. The van der Waals surface area contributed by atoms with Gasteiger partial charge in [0.2, 0.25) is 5.91 Å². The molecule has 2 aromatic rings. The molecule has 1 aliphatic heterocycles. The number of hydrogen-bond acceptors (Lipinski definition) is 3. The van der Waals surface area contributed by atoms with Gasteiger partial charge in [0.15, 0.2) is 0 Å². The molecule has 5 heteroatoms. The molecule has 0 radical (unpaired) electrons. The van der Waals surface area contributed by atoms with E-state index in [1.807, 2.05) is 22.9 Å². The highest BCUT2D eigenvalue weighted by Crippen LogP contribution is 2.12. The first-order valence-electron chi connectivity index (χ1n) is 6.22. The number of nitrogens with one attached hydrogen (secondary N) is 1. The molecule has 0 bridgehead atoms. The van der Waals surface area contributed by atoms with Gasteiger partial charge in [0.25, 0.3) is 0 Å². The molecule has 3 rings (SSSR count). The van der Waals surface area contributed by atoms with E-state index in [0.29, 0.717) is 12.8 Å². The van der Waals surface area contributed by atoms with E-state index in [1.54, 1.807) is 12.5 Å². The molecular weight excluding hydrogens is 240 g/mol. The van der Waals surface area contributed by atoms with Crippen molar-refractivity contribution in [3.05, 3.63) is 54.1 Å². The van der Waals surface area contributed by atoms with Gasteiger partial charge >= 0.3 is 0 Å². The van der Waals surface area contributed by atoms with Crippen LogP contribution in [0.4, 0.5) is 0 Å². The van der Waals surface area contributed by atoms with E-state index in [2.05, 4.69) is 27.6 Å². The zero-order valence-electron chi connectivity index (χ0n) is 10.4. The Morgan fingerprint density at radius 2 is 2.05 bits per heavy atom. The van der Waals surface area contributed by atoms with Crippen molar-refractivity contribution in [1.29, 1.82) is 0 Å². The summed E-state index contributed by atoms with van der Waals surface area (Å²) in [5.74, 6) is -0.0134. The molecule has 1 aromatic heterocycles. The molecule has 0 fully saturated rings. The largest absolute Gasteiger partial charge is 0.333 e. The maximum absolute atomic E-state index is 11.0. The van der Waals surface area contributed by atoms with E-state index in [9.17, 15) is 4.79 Å². The summed E-state index contributed by atoms with van der Waals surface area (Å²) in [5.41, 5.74) is 5.73. The van der Waals surface area contributed by atoms with Gasteiger partial charge in [-0.15, -0.1) is 0 Å². The molecule has 0 saturated carbocycles. The Morgan fingerprint density at radius 3 is 2.68 bits per heavy atom. The topological polar surface area (TPSA) is 59.3 Å². The first-order valence-corrected chi connectivity index (χ1v) is 6.22. The molecule has 1 aromatic carbocycles. The number of aromatic nitrogens is 2. The molecule has 0 atom stereocenters. The van der Waals surface area contributed by atoms with E-state index in [1.165, 1.54) is 5.56 Å². The maximum atomic E-state index is 11.0. The molecule has 2 heterocycles. The van der Waals surface area contributed by atoms with Gasteiger partial charge in [0, 0.05) is 31.8 Å². The third-order valence-corrected chi connectivity index (χ3v) is 3.12. The molecule has 0 unspecified atom stereocenters. The van der Waals surface area contributed by atoms with E-state index < -0.39 is 0 Å². The lowest BCUT2D eigenvalue weighted by Gasteiger charge is -2.12.